The van der Waals surface area contributed by atoms with E-state index in [4.69, 9.17) is 14.2 Å². The Labute approximate surface area is 183 Å². The fourth-order valence-corrected chi connectivity index (χ4v) is 10.7. The molecule has 3 aliphatic heterocycles. The Kier molecular flexibility index (Phi) is 3.91. The Morgan fingerprint density at radius 3 is 2.60 bits per heavy atom. The van der Waals surface area contributed by atoms with Gasteiger partial charge in [0.05, 0.1) is 18.8 Å². The number of epoxide rings is 1. The van der Waals surface area contributed by atoms with Crippen LogP contribution in [0.5, 0.6) is 0 Å². The van der Waals surface area contributed by atoms with Gasteiger partial charge in [0, 0.05) is 11.8 Å². The third kappa shape index (κ3) is 2.19. The number of ether oxygens (including phenoxy) is 3. The molecule has 7 fully saturated rings. The molecule has 3 nitrogen and oxygen atoms in total. The van der Waals surface area contributed by atoms with E-state index in [2.05, 4.69) is 27.7 Å². The lowest BCUT2D eigenvalue weighted by Gasteiger charge is -2.61. The quantitative estimate of drug-likeness (QED) is 0.469. The zero-order chi connectivity index (χ0) is 20.5. The van der Waals surface area contributed by atoms with E-state index in [9.17, 15) is 0 Å². The van der Waals surface area contributed by atoms with Crippen molar-refractivity contribution in [3.8, 4) is 0 Å². The zero-order valence-corrected chi connectivity index (χ0v) is 19.6. The summed E-state index contributed by atoms with van der Waals surface area (Å²) in [6, 6.07) is 0. The largest absolute Gasteiger partial charge is 0.363 e. The Balaban J connectivity index is 1.18. The molecule has 13 atom stereocenters. The lowest BCUT2D eigenvalue weighted by molar-refractivity contribution is -0.268. The molecule has 3 heterocycles. The summed E-state index contributed by atoms with van der Waals surface area (Å²) >= 11 is 0. The summed E-state index contributed by atoms with van der Waals surface area (Å²) in [6.07, 6.45) is 14.1. The third-order valence-corrected chi connectivity index (χ3v) is 12.2. The first-order valence-electron chi connectivity index (χ1n) is 13.4. The minimum absolute atomic E-state index is 0.192. The molecule has 0 unspecified atom stereocenters. The fourth-order valence-electron chi connectivity index (χ4n) is 10.7. The van der Waals surface area contributed by atoms with E-state index in [1.165, 1.54) is 57.8 Å². The fraction of sp³-hybridized carbons (Fsp3) is 1.00. The maximum Gasteiger partial charge on any atom is 0.200 e. The molecule has 30 heavy (non-hydrogen) atoms. The molecule has 0 N–H and O–H groups in total. The minimum Gasteiger partial charge on any atom is -0.363 e. The van der Waals surface area contributed by atoms with Crippen LogP contribution >= 0.6 is 0 Å². The first kappa shape index (κ1) is 19.4. The first-order valence-corrected chi connectivity index (χ1v) is 13.4. The Morgan fingerprint density at radius 1 is 0.867 bits per heavy atom. The van der Waals surface area contributed by atoms with Gasteiger partial charge in [-0.15, -0.1) is 0 Å². The highest BCUT2D eigenvalue weighted by molar-refractivity contribution is 5.18. The van der Waals surface area contributed by atoms with E-state index in [1.54, 1.807) is 0 Å². The van der Waals surface area contributed by atoms with E-state index < -0.39 is 5.79 Å². The smallest absolute Gasteiger partial charge is 0.200 e. The molecule has 0 aromatic carbocycles. The topological polar surface area (TPSA) is 31.0 Å². The standard InChI is InChI=1S/C27H42O3/c1-15-14-28-27(24-23(15)29-24)16(2)22-21(30-27)13-20-18-9-8-17-7-5-6-11-25(17,3)19(18)10-12-26(20,22)4/h15-24H,5-14H2,1-4H3/t15-,16-,17+,18+,19-,20-,21-,22-,23+,24+,25-,26-,27-/m0/s1. The van der Waals surface area contributed by atoms with Crippen LogP contribution in [0.2, 0.25) is 0 Å². The van der Waals surface area contributed by atoms with Gasteiger partial charge in [-0.3, -0.25) is 0 Å². The Hall–Kier alpha value is -0.120. The summed E-state index contributed by atoms with van der Waals surface area (Å²) in [5, 5.41) is 0. The maximum absolute atomic E-state index is 6.95. The van der Waals surface area contributed by atoms with E-state index in [0.717, 1.165) is 30.3 Å². The van der Waals surface area contributed by atoms with Crippen molar-refractivity contribution in [2.24, 2.45) is 52.3 Å². The second-order valence-corrected chi connectivity index (χ2v) is 13.2. The highest BCUT2D eigenvalue weighted by atomic mass is 16.8. The summed E-state index contributed by atoms with van der Waals surface area (Å²) in [4.78, 5) is 0. The number of fused-ring (bicyclic) bond motifs is 9. The molecular weight excluding hydrogens is 372 g/mol. The average molecular weight is 415 g/mol. The SMILES string of the molecule is C[C@H]1CO[C@@]2(O[C@H]3C[C@H]4[C@@H]5CC[C@H]6CCCC[C@]6(C)[C@H]5CC[C@]4(C)[C@H]3[C@@H]2C)[C@@H]2O[C@@H]21. The third-order valence-electron chi connectivity index (χ3n) is 12.2. The van der Waals surface area contributed by atoms with Gasteiger partial charge in [0.2, 0.25) is 5.79 Å². The normalized spacial score (nSPS) is 66.0. The van der Waals surface area contributed by atoms with Crippen LogP contribution in [-0.2, 0) is 14.2 Å². The Morgan fingerprint density at radius 2 is 1.73 bits per heavy atom. The van der Waals surface area contributed by atoms with Crippen molar-refractivity contribution in [1.82, 2.24) is 0 Å². The molecule has 3 heteroatoms. The van der Waals surface area contributed by atoms with Crippen LogP contribution in [0.25, 0.3) is 0 Å². The van der Waals surface area contributed by atoms with Crippen LogP contribution in [0.1, 0.15) is 85.5 Å². The summed E-state index contributed by atoms with van der Waals surface area (Å²) in [5.74, 6) is 4.98. The zero-order valence-electron chi connectivity index (χ0n) is 19.6. The van der Waals surface area contributed by atoms with E-state index in [0.29, 0.717) is 40.8 Å². The molecule has 1 spiro atoms. The van der Waals surface area contributed by atoms with Crippen molar-refractivity contribution in [2.45, 2.75) is 110 Å². The molecular formula is C27H42O3. The highest BCUT2D eigenvalue weighted by Crippen LogP contribution is 2.72. The number of hydrogen-bond acceptors (Lipinski definition) is 3. The summed E-state index contributed by atoms with van der Waals surface area (Å²) < 4.78 is 19.6. The average Bonchev–Trinajstić information content (AvgIpc) is 3.42. The maximum atomic E-state index is 6.95. The summed E-state index contributed by atoms with van der Waals surface area (Å²) in [5.41, 5.74) is 1.06. The van der Waals surface area contributed by atoms with Gasteiger partial charge in [0.25, 0.3) is 0 Å². The van der Waals surface area contributed by atoms with Crippen LogP contribution in [-0.4, -0.2) is 30.7 Å². The van der Waals surface area contributed by atoms with Gasteiger partial charge in [-0.25, -0.2) is 0 Å². The van der Waals surface area contributed by atoms with Gasteiger partial charge in [-0.1, -0.05) is 40.5 Å². The van der Waals surface area contributed by atoms with Crippen molar-refractivity contribution < 1.29 is 14.2 Å². The van der Waals surface area contributed by atoms with Crippen molar-refractivity contribution in [3.63, 3.8) is 0 Å². The van der Waals surface area contributed by atoms with Crippen LogP contribution < -0.4 is 0 Å². The van der Waals surface area contributed by atoms with Gasteiger partial charge in [0.15, 0.2) is 0 Å². The first-order chi connectivity index (χ1) is 14.4. The molecule has 7 aliphatic rings. The number of hydrogen-bond donors (Lipinski definition) is 0. The molecule has 4 aliphatic carbocycles. The van der Waals surface area contributed by atoms with E-state index in [1.807, 2.05) is 0 Å². The van der Waals surface area contributed by atoms with Crippen LogP contribution in [0.4, 0.5) is 0 Å². The van der Waals surface area contributed by atoms with E-state index in [-0.39, 0.29) is 6.10 Å². The lowest BCUT2D eigenvalue weighted by atomic mass is 9.44. The van der Waals surface area contributed by atoms with E-state index >= 15 is 0 Å². The predicted octanol–water partition coefficient (Wildman–Crippen LogP) is 5.81. The Bertz CT molecular complexity index is 738. The van der Waals surface area contributed by atoms with Gasteiger partial charge >= 0.3 is 0 Å². The molecule has 168 valence electrons. The number of rotatable bonds is 0. The molecule has 0 amide bonds. The molecule has 0 aromatic heterocycles. The van der Waals surface area contributed by atoms with Crippen LogP contribution in [0, 0.1) is 52.3 Å². The minimum atomic E-state index is -0.440. The predicted molar refractivity (Wildman–Crippen MR) is 116 cm³/mol. The van der Waals surface area contributed by atoms with Crippen molar-refractivity contribution in [2.75, 3.05) is 6.61 Å². The summed E-state index contributed by atoms with van der Waals surface area (Å²) in [6.45, 7) is 10.9. The van der Waals surface area contributed by atoms with Crippen LogP contribution in [0.3, 0.4) is 0 Å². The molecule has 7 rings (SSSR count). The molecule has 0 bridgehead atoms. The van der Waals surface area contributed by atoms with Gasteiger partial charge in [-0.2, -0.15) is 0 Å². The van der Waals surface area contributed by atoms with Gasteiger partial charge in [-0.05, 0) is 85.4 Å². The van der Waals surface area contributed by atoms with Crippen molar-refractivity contribution in [1.29, 1.82) is 0 Å². The lowest BCUT2D eigenvalue weighted by Crippen LogP contribution is -2.55. The summed E-state index contributed by atoms with van der Waals surface area (Å²) in [7, 11) is 0. The second-order valence-electron chi connectivity index (χ2n) is 13.2. The molecule has 0 radical (unpaired) electrons. The van der Waals surface area contributed by atoms with Crippen molar-refractivity contribution >= 4 is 0 Å². The molecule has 0 aromatic rings. The van der Waals surface area contributed by atoms with Crippen LogP contribution in [0.15, 0.2) is 0 Å². The monoisotopic (exact) mass is 414 g/mol. The van der Waals surface area contributed by atoms with Crippen molar-refractivity contribution in [3.05, 3.63) is 0 Å². The second kappa shape index (κ2) is 6.06. The van der Waals surface area contributed by atoms with Gasteiger partial charge in [0.1, 0.15) is 6.10 Å². The molecule has 3 saturated heterocycles. The molecule has 4 saturated carbocycles. The van der Waals surface area contributed by atoms with Gasteiger partial charge < -0.3 is 14.2 Å². The highest BCUT2D eigenvalue weighted by Gasteiger charge is 2.74.